The summed E-state index contributed by atoms with van der Waals surface area (Å²) in [7, 11) is 0. The van der Waals surface area contributed by atoms with Crippen LogP contribution in [0.15, 0.2) is 0 Å². The summed E-state index contributed by atoms with van der Waals surface area (Å²) in [6.07, 6.45) is 7.94. The third-order valence-corrected chi connectivity index (χ3v) is 4.04. The molecule has 0 aromatic heterocycles. The lowest BCUT2D eigenvalue weighted by molar-refractivity contribution is 0.333. The van der Waals surface area contributed by atoms with Gasteiger partial charge in [-0.05, 0) is 56.6 Å². The van der Waals surface area contributed by atoms with E-state index in [0.29, 0.717) is 5.41 Å². The molecule has 13 heavy (non-hydrogen) atoms. The Kier molecular flexibility index (Phi) is 4.60. The Morgan fingerprint density at radius 2 is 2.15 bits per heavy atom. The van der Waals surface area contributed by atoms with Gasteiger partial charge in [-0.3, -0.25) is 0 Å². The molecule has 1 nitrogen and oxygen atoms in total. The van der Waals surface area contributed by atoms with Crippen molar-refractivity contribution in [2.45, 2.75) is 45.6 Å². The minimum Gasteiger partial charge on any atom is -0.314 e. The zero-order valence-corrected chi connectivity index (χ0v) is 10.0. The van der Waals surface area contributed by atoms with Crippen LogP contribution < -0.4 is 5.32 Å². The first-order chi connectivity index (χ1) is 6.25. The first kappa shape index (κ1) is 11.4. The van der Waals surface area contributed by atoms with Gasteiger partial charge in [0.1, 0.15) is 0 Å². The van der Waals surface area contributed by atoms with Gasteiger partial charge in [0, 0.05) is 6.04 Å². The first-order valence-corrected chi connectivity index (χ1v) is 6.87. The number of rotatable bonds is 7. The van der Waals surface area contributed by atoms with Crippen molar-refractivity contribution in [2.24, 2.45) is 5.41 Å². The normalized spacial score (nSPS) is 21.5. The zero-order valence-electron chi connectivity index (χ0n) is 9.23. The molecule has 1 N–H and O–H groups in total. The van der Waals surface area contributed by atoms with Crippen LogP contribution in [-0.2, 0) is 0 Å². The predicted molar refractivity (Wildman–Crippen MR) is 62.4 cm³/mol. The Labute approximate surface area is 87.1 Å². The number of hydrogen-bond acceptors (Lipinski definition) is 2. The van der Waals surface area contributed by atoms with E-state index in [2.05, 4.69) is 25.4 Å². The molecule has 0 spiro atoms. The summed E-state index contributed by atoms with van der Waals surface area (Å²) in [6.45, 7) is 5.68. The minimum atomic E-state index is 0.686. The summed E-state index contributed by atoms with van der Waals surface area (Å²) in [5.74, 6) is 1.33. The van der Waals surface area contributed by atoms with Gasteiger partial charge in [-0.2, -0.15) is 11.8 Å². The largest absolute Gasteiger partial charge is 0.314 e. The molecule has 1 fully saturated rings. The highest BCUT2D eigenvalue weighted by Gasteiger charge is 2.45. The van der Waals surface area contributed by atoms with Crippen LogP contribution in [0.3, 0.4) is 0 Å². The van der Waals surface area contributed by atoms with Crippen molar-refractivity contribution in [3.8, 4) is 0 Å². The second-order valence-corrected chi connectivity index (χ2v) is 5.22. The van der Waals surface area contributed by atoms with Crippen LogP contribution in [0.25, 0.3) is 0 Å². The summed E-state index contributed by atoms with van der Waals surface area (Å²) in [5, 5.41) is 3.57. The molecule has 1 unspecified atom stereocenters. The highest BCUT2D eigenvalue weighted by molar-refractivity contribution is 7.98. The van der Waals surface area contributed by atoms with Crippen molar-refractivity contribution in [3.05, 3.63) is 0 Å². The average molecular weight is 201 g/mol. The second kappa shape index (κ2) is 5.26. The Morgan fingerprint density at radius 1 is 1.46 bits per heavy atom. The molecule has 0 aliphatic heterocycles. The van der Waals surface area contributed by atoms with Gasteiger partial charge in [0.25, 0.3) is 0 Å². The van der Waals surface area contributed by atoms with Crippen LogP contribution in [0.2, 0.25) is 0 Å². The maximum absolute atomic E-state index is 3.57. The summed E-state index contributed by atoms with van der Waals surface area (Å²) in [4.78, 5) is 0. The second-order valence-electron chi connectivity index (χ2n) is 4.24. The van der Waals surface area contributed by atoms with Crippen molar-refractivity contribution >= 4 is 11.8 Å². The SMILES string of the molecule is CCNC(C)C1(CCCSC)CC1. The molecule has 0 amide bonds. The summed E-state index contributed by atoms with van der Waals surface area (Å²) in [5.41, 5.74) is 0.686. The van der Waals surface area contributed by atoms with Gasteiger partial charge in [0.05, 0.1) is 0 Å². The van der Waals surface area contributed by atoms with E-state index in [1.807, 2.05) is 11.8 Å². The maximum atomic E-state index is 3.57. The smallest absolute Gasteiger partial charge is 0.00950 e. The molecule has 1 rings (SSSR count). The number of thioether (sulfide) groups is 1. The monoisotopic (exact) mass is 201 g/mol. The van der Waals surface area contributed by atoms with Gasteiger partial charge in [0.2, 0.25) is 0 Å². The molecule has 0 aromatic carbocycles. The van der Waals surface area contributed by atoms with Crippen LogP contribution in [0.1, 0.15) is 39.5 Å². The zero-order chi connectivity index (χ0) is 9.73. The van der Waals surface area contributed by atoms with Crippen LogP contribution in [0.5, 0.6) is 0 Å². The Morgan fingerprint density at radius 3 is 2.62 bits per heavy atom. The molecule has 0 bridgehead atoms. The highest BCUT2D eigenvalue weighted by Crippen LogP contribution is 2.52. The Hall–Kier alpha value is 0.310. The summed E-state index contributed by atoms with van der Waals surface area (Å²) < 4.78 is 0. The van der Waals surface area contributed by atoms with E-state index in [9.17, 15) is 0 Å². The van der Waals surface area contributed by atoms with E-state index >= 15 is 0 Å². The molecule has 0 radical (unpaired) electrons. The Balaban J connectivity index is 2.21. The standard InChI is InChI=1S/C11H23NS/c1-4-12-10(2)11(7-8-11)6-5-9-13-3/h10,12H,4-9H2,1-3H3. The molecule has 1 atom stereocenters. The highest BCUT2D eigenvalue weighted by atomic mass is 32.2. The molecular formula is C11H23NS. The lowest BCUT2D eigenvalue weighted by atomic mass is 9.92. The molecular weight excluding hydrogens is 178 g/mol. The topological polar surface area (TPSA) is 12.0 Å². The van der Waals surface area contributed by atoms with E-state index in [1.54, 1.807) is 0 Å². The molecule has 1 aliphatic rings. The van der Waals surface area contributed by atoms with Crippen molar-refractivity contribution < 1.29 is 0 Å². The minimum absolute atomic E-state index is 0.686. The predicted octanol–water partition coefficient (Wildman–Crippen LogP) is 2.91. The molecule has 0 aromatic rings. The fraction of sp³-hybridized carbons (Fsp3) is 1.00. The van der Waals surface area contributed by atoms with E-state index < -0.39 is 0 Å². The third kappa shape index (κ3) is 3.17. The Bertz CT molecular complexity index is 143. The van der Waals surface area contributed by atoms with Gasteiger partial charge in [-0.25, -0.2) is 0 Å². The summed E-state index contributed by atoms with van der Waals surface area (Å²) in [6, 6.07) is 0.736. The summed E-state index contributed by atoms with van der Waals surface area (Å²) >= 11 is 1.97. The quantitative estimate of drug-likeness (QED) is 0.636. The lowest BCUT2D eigenvalue weighted by Crippen LogP contribution is -2.34. The van der Waals surface area contributed by atoms with Gasteiger partial charge in [-0.15, -0.1) is 0 Å². The first-order valence-electron chi connectivity index (χ1n) is 5.47. The van der Waals surface area contributed by atoms with E-state index in [-0.39, 0.29) is 0 Å². The van der Waals surface area contributed by atoms with Crippen molar-refractivity contribution in [3.63, 3.8) is 0 Å². The van der Waals surface area contributed by atoms with E-state index in [1.165, 1.54) is 31.4 Å². The average Bonchev–Trinajstić information content (AvgIpc) is 2.87. The van der Waals surface area contributed by atoms with Crippen LogP contribution in [-0.4, -0.2) is 24.6 Å². The van der Waals surface area contributed by atoms with E-state index in [4.69, 9.17) is 0 Å². The van der Waals surface area contributed by atoms with Gasteiger partial charge >= 0.3 is 0 Å². The fourth-order valence-electron chi connectivity index (χ4n) is 2.15. The maximum Gasteiger partial charge on any atom is 0.00950 e. The number of nitrogens with one attached hydrogen (secondary N) is 1. The van der Waals surface area contributed by atoms with Gasteiger partial charge < -0.3 is 5.32 Å². The number of hydrogen-bond donors (Lipinski definition) is 1. The molecule has 2 heteroatoms. The lowest BCUT2D eigenvalue weighted by Gasteiger charge is -2.23. The van der Waals surface area contributed by atoms with Crippen molar-refractivity contribution in [2.75, 3.05) is 18.6 Å². The fourth-order valence-corrected chi connectivity index (χ4v) is 2.58. The molecule has 1 saturated carbocycles. The molecule has 78 valence electrons. The molecule has 1 aliphatic carbocycles. The van der Waals surface area contributed by atoms with Crippen molar-refractivity contribution in [1.29, 1.82) is 0 Å². The molecule has 0 heterocycles. The van der Waals surface area contributed by atoms with Crippen LogP contribution in [0, 0.1) is 5.41 Å². The van der Waals surface area contributed by atoms with Gasteiger partial charge in [-0.1, -0.05) is 6.92 Å². The molecule has 0 saturated heterocycles. The van der Waals surface area contributed by atoms with Crippen LogP contribution >= 0.6 is 11.8 Å². The van der Waals surface area contributed by atoms with Gasteiger partial charge in [0.15, 0.2) is 0 Å². The third-order valence-electron chi connectivity index (χ3n) is 3.34. The van der Waals surface area contributed by atoms with Crippen molar-refractivity contribution in [1.82, 2.24) is 5.32 Å². The van der Waals surface area contributed by atoms with Crippen LogP contribution in [0.4, 0.5) is 0 Å². The van der Waals surface area contributed by atoms with E-state index in [0.717, 1.165) is 12.6 Å².